The minimum absolute atomic E-state index is 0. The Morgan fingerprint density at radius 3 is 2.69 bits per heavy atom. The molecule has 0 saturated heterocycles. The molecule has 1 amide bonds. The quantitative estimate of drug-likeness (QED) is 0.916. The first-order chi connectivity index (χ1) is 6.59. The highest BCUT2D eigenvalue weighted by atomic mass is 35.5. The van der Waals surface area contributed by atoms with Crippen molar-refractivity contribution in [2.75, 3.05) is 7.05 Å². The Kier molecular flexibility index (Phi) is 9.86. The predicted octanol–water partition coefficient (Wildman–Crippen LogP) is 1.68. The van der Waals surface area contributed by atoms with E-state index in [9.17, 15) is 4.79 Å². The van der Waals surface area contributed by atoms with E-state index in [0.717, 1.165) is 5.01 Å². The molecule has 0 aromatic carbocycles. The van der Waals surface area contributed by atoms with Gasteiger partial charge in [0, 0.05) is 31.1 Å². The maximum Gasteiger partial charge on any atom is 0.224 e. The Morgan fingerprint density at radius 2 is 2.25 bits per heavy atom. The van der Waals surface area contributed by atoms with Crippen LogP contribution in [0.25, 0.3) is 0 Å². The molecule has 2 N–H and O–H groups in total. The number of aromatic nitrogens is 1. The molecule has 0 fully saturated rings. The molecule has 1 aromatic heterocycles. The summed E-state index contributed by atoms with van der Waals surface area (Å²) in [6, 6.07) is -0.0822. The largest absolute Gasteiger partial charge is 0.339 e. The minimum atomic E-state index is -0.0822. The van der Waals surface area contributed by atoms with Crippen molar-refractivity contribution in [2.45, 2.75) is 25.9 Å². The van der Waals surface area contributed by atoms with E-state index in [2.05, 4.69) is 4.98 Å². The van der Waals surface area contributed by atoms with Crippen molar-refractivity contribution in [3.05, 3.63) is 16.6 Å². The summed E-state index contributed by atoms with van der Waals surface area (Å²) in [6.07, 6.45) is 2.13. The van der Waals surface area contributed by atoms with Gasteiger partial charge < -0.3 is 10.6 Å². The lowest BCUT2D eigenvalue weighted by molar-refractivity contribution is -0.130. The highest BCUT2D eigenvalue weighted by Crippen LogP contribution is 2.07. The molecule has 94 valence electrons. The summed E-state index contributed by atoms with van der Waals surface area (Å²) in [5.74, 6) is 0.0650. The van der Waals surface area contributed by atoms with E-state index in [1.54, 1.807) is 29.5 Å². The van der Waals surface area contributed by atoms with Crippen LogP contribution in [0.5, 0.6) is 0 Å². The van der Waals surface area contributed by atoms with Gasteiger partial charge in [-0.15, -0.1) is 36.2 Å². The van der Waals surface area contributed by atoms with Crippen molar-refractivity contribution in [1.29, 1.82) is 0 Å². The van der Waals surface area contributed by atoms with Crippen LogP contribution in [0.3, 0.4) is 0 Å². The summed E-state index contributed by atoms with van der Waals surface area (Å²) >= 11 is 1.55. The van der Waals surface area contributed by atoms with Gasteiger partial charge in [0.05, 0.1) is 6.54 Å². The van der Waals surface area contributed by atoms with Crippen molar-refractivity contribution < 1.29 is 4.79 Å². The molecule has 1 rings (SSSR count). The molecule has 7 heteroatoms. The van der Waals surface area contributed by atoms with Gasteiger partial charge in [-0.25, -0.2) is 4.98 Å². The van der Waals surface area contributed by atoms with Gasteiger partial charge in [-0.05, 0) is 6.92 Å². The van der Waals surface area contributed by atoms with Gasteiger partial charge in [0.15, 0.2) is 0 Å². The minimum Gasteiger partial charge on any atom is -0.339 e. The van der Waals surface area contributed by atoms with E-state index in [1.165, 1.54) is 0 Å². The maximum absolute atomic E-state index is 11.5. The molecule has 0 aliphatic heterocycles. The van der Waals surface area contributed by atoms with Gasteiger partial charge in [-0.3, -0.25) is 4.79 Å². The summed E-state index contributed by atoms with van der Waals surface area (Å²) in [5.41, 5.74) is 5.54. The van der Waals surface area contributed by atoms with Crippen LogP contribution < -0.4 is 5.73 Å². The van der Waals surface area contributed by atoms with Gasteiger partial charge >= 0.3 is 0 Å². The van der Waals surface area contributed by atoms with Gasteiger partial charge in [-0.2, -0.15) is 0 Å². The first-order valence-corrected chi connectivity index (χ1v) is 5.35. The van der Waals surface area contributed by atoms with Gasteiger partial charge in [0.25, 0.3) is 0 Å². The number of carbonyl (C=O) groups is 1. The van der Waals surface area contributed by atoms with Gasteiger partial charge in [0.2, 0.25) is 5.91 Å². The third-order valence-corrected chi connectivity index (χ3v) is 2.54. The van der Waals surface area contributed by atoms with Crippen LogP contribution in [-0.4, -0.2) is 28.9 Å². The number of amides is 1. The average Bonchev–Trinajstić information content (AvgIpc) is 2.55. The average molecular weight is 286 g/mol. The third-order valence-electron chi connectivity index (χ3n) is 1.78. The fourth-order valence-corrected chi connectivity index (χ4v) is 1.72. The lowest BCUT2D eigenvalue weighted by Crippen LogP contribution is -2.31. The molecule has 0 saturated carbocycles. The number of carbonyl (C=O) groups excluding carboxylic acids is 1. The molecule has 1 unspecified atom stereocenters. The summed E-state index contributed by atoms with van der Waals surface area (Å²) in [6.45, 7) is 2.40. The molecule has 16 heavy (non-hydrogen) atoms. The van der Waals surface area contributed by atoms with E-state index in [1.807, 2.05) is 12.3 Å². The Labute approximate surface area is 112 Å². The van der Waals surface area contributed by atoms with Crippen LogP contribution in [-0.2, 0) is 11.3 Å². The first kappa shape index (κ1) is 18.0. The fourth-order valence-electron chi connectivity index (χ4n) is 1.05. The van der Waals surface area contributed by atoms with Crippen molar-refractivity contribution >= 4 is 42.1 Å². The van der Waals surface area contributed by atoms with Crippen molar-refractivity contribution in [1.82, 2.24) is 9.88 Å². The number of nitrogens with zero attached hydrogens (tertiary/aromatic N) is 2. The molecule has 1 heterocycles. The van der Waals surface area contributed by atoms with Crippen molar-refractivity contribution in [3.8, 4) is 0 Å². The fraction of sp³-hybridized carbons (Fsp3) is 0.556. The summed E-state index contributed by atoms with van der Waals surface area (Å²) < 4.78 is 0. The van der Waals surface area contributed by atoms with Crippen LogP contribution in [0.2, 0.25) is 0 Å². The van der Waals surface area contributed by atoms with Gasteiger partial charge in [-0.1, -0.05) is 0 Å². The summed E-state index contributed by atoms with van der Waals surface area (Å²) in [7, 11) is 1.77. The normalized spacial score (nSPS) is 10.9. The van der Waals surface area contributed by atoms with Crippen molar-refractivity contribution in [3.63, 3.8) is 0 Å². The van der Waals surface area contributed by atoms with Crippen LogP contribution in [0.1, 0.15) is 18.4 Å². The number of rotatable bonds is 4. The monoisotopic (exact) mass is 285 g/mol. The topological polar surface area (TPSA) is 59.2 Å². The number of hydrogen-bond donors (Lipinski definition) is 1. The Balaban J connectivity index is 0. The first-order valence-electron chi connectivity index (χ1n) is 4.47. The molecule has 0 bridgehead atoms. The highest BCUT2D eigenvalue weighted by Gasteiger charge is 2.11. The molecular formula is C9H17Cl2N3OS. The SMILES string of the molecule is CC(N)CC(=O)N(C)Cc1nccs1.Cl.Cl. The number of thiazole rings is 1. The molecule has 0 aliphatic rings. The smallest absolute Gasteiger partial charge is 0.224 e. The molecule has 0 aliphatic carbocycles. The predicted molar refractivity (Wildman–Crippen MR) is 71.4 cm³/mol. The summed E-state index contributed by atoms with van der Waals surface area (Å²) in [5, 5.41) is 2.85. The second-order valence-electron chi connectivity index (χ2n) is 3.36. The van der Waals surface area contributed by atoms with E-state index in [4.69, 9.17) is 5.73 Å². The lowest BCUT2D eigenvalue weighted by Gasteiger charge is -2.16. The van der Waals surface area contributed by atoms with Crippen LogP contribution in [0.4, 0.5) is 0 Å². The maximum atomic E-state index is 11.5. The standard InChI is InChI=1S/C9H15N3OS.2ClH/c1-7(10)5-9(13)12(2)6-8-11-3-4-14-8;;/h3-4,7H,5-6,10H2,1-2H3;2*1H. The third kappa shape index (κ3) is 6.27. The Morgan fingerprint density at radius 1 is 1.62 bits per heavy atom. The number of halogens is 2. The second-order valence-corrected chi connectivity index (χ2v) is 4.34. The lowest BCUT2D eigenvalue weighted by atomic mass is 10.2. The van der Waals surface area contributed by atoms with Crippen LogP contribution >= 0.6 is 36.2 Å². The Hall–Kier alpha value is -0.360. The zero-order valence-electron chi connectivity index (χ0n) is 9.25. The van der Waals surface area contributed by atoms with E-state index >= 15 is 0 Å². The molecular weight excluding hydrogens is 269 g/mol. The second kappa shape index (κ2) is 8.75. The zero-order valence-corrected chi connectivity index (χ0v) is 11.7. The number of hydrogen-bond acceptors (Lipinski definition) is 4. The molecule has 0 radical (unpaired) electrons. The van der Waals surface area contributed by atoms with E-state index < -0.39 is 0 Å². The zero-order chi connectivity index (χ0) is 10.6. The van der Waals surface area contributed by atoms with E-state index in [0.29, 0.717) is 13.0 Å². The molecule has 1 atom stereocenters. The van der Waals surface area contributed by atoms with Crippen LogP contribution in [0, 0.1) is 0 Å². The number of nitrogens with two attached hydrogens (primary N) is 1. The van der Waals surface area contributed by atoms with E-state index in [-0.39, 0.29) is 36.8 Å². The highest BCUT2D eigenvalue weighted by molar-refractivity contribution is 7.09. The summed E-state index contributed by atoms with van der Waals surface area (Å²) in [4.78, 5) is 17.3. The van der Waals surface area contributed by atoms with Gasteiger partial charge in [0.1, 0.15) is 5.01 Å². The van der Waals surface area contributed by atoms with Crippen molar-refractivity contribution in [2.24, 2.45) is 5.73 Å². The molecule has 4 nitrogen and oxygen atoms in total. The Bertz CT molecular complexity index is 293. The molecule has 0 spiro atoms. The van der Waals surface area contributed by atoms with Crippen LogP contribution in [0.15, 0.2) is 11.6 Å². The molecule has 1 aromatic rings.